The number of nitrogens with one attached hydrogen (secondary N) is 1. The summed E-state index contributed by atoms with van der Waals surface area (Å²) in [7, 11) is 2.10. The number of amides is 1. The Hall–Kier alpha value is -0.650. The van der Waals surface area contributed by atoms with E-state index in [1.807, 2.05) is 5.01 Å². The Morgan fingerprint density at radius 1 is 1.19 bits per heavy atom. The van der Waals surface area contributed by atoms with E-state index in [-0.39, 0.29) is 5.91 Å². The van der Waals surface area contributed by atoms with Gasteiger partial charge in [0.25, 0.3) is 5.91 Å². The van der Waals surface area contributed by atoms with Crippen molar-refractivity contribution in [2.24, 2.45) is 5.73 Å². The number of hydrogen-bond donors (Lipinski definition) is 2. The highest BCUT2D eigenvalue weighted by atomic mass is 16.2. The third-order valence-corrected chi connectivity index (χ3v) is 3.71. The Morgan fingerprint density at radius 2 is 1.75 bits per heavy atom. The maximum Gasteiger partial charge on any atom is 0.254 e. The predicted octanol–water partition coefficient (Wildman–Crippen LogP) is -0.463. The fourth-order valence-electron chi connectivity index (χ4n) is 2.41. The Bertz CT molecular complexity index is 255. The summed E-state index contributed by atoms with van der Waals surface area (Å²) in [5.74, 6) is 0.00885. The number of piperazine rings is 1. The van der Waals surface area contributed by atoms with Gasteiger partial charge in [-0.25, -0.2) is 5.01 Å². The molecule has 0 aromatic carbocycles. The topological polar surface area (TPSA) is 61.6 Å². The van der Waals surface area contributed by atoms with Gasteiger partial charge in [0.1, 0.15) is 0 Å². The van der Waals surface area contributed by atoms with Crippen molar-refractivity contribution in [3.63, 3.8) is 0 Å². The van der Waals surface area contributed by atoms with E-state index in [9.17, 15) is 4.79 Å². The summed E-state index contributed by atoms with van der Waals surface area (Å²) in [4.78, 5) is 14.3. The van der Waals surface area contributed by atoms with Crippen LogP contribution in [0.25, 0.3) is 0 Å². The van der Waals surface area contributed by atoms with E-state index in [2.05, 4.69) is 17.4 Å². The first-order valence-corrected chi connectivity index (χ1v) is 6.14. The molecular formula is C11H22N4O. The zero-order chi connectivity index (χ0) is 11.6. The van der Waals surface area contributed by atoms with Gasteiger partial charge in [-0.05, 0) is 19.9 Å². The van der Waals surface area contributed by atoms with Crippen molar-refractivity contribution in [3.8, 4) is 0 Å². The normalized spacial score (nSPS) is 26.9. The average Bonchev–Trinajstić information content (AvgIpc) is 2.70. The number of hydrogen-bond acceptors (Lipinski definition) is 4. The first-order valence-electron chi connectivity index (χ1n) is 6.14. The van der Waals surface area contributed by atoms with Crippen molar-refractivity contribution >= 4 is 5.91 Å². The minimum atomic E-state index is -0.608. The van der Waals surface area contributed by atoms with E-state index in [1.165, 1.54) is 0 Å². The highest BCUT2D eigenvalue weighted by molar-refractivity contribution is 5.85. The molecule has 5 nitrogen and oxygen atoms in total. The van der Waals surface area contributed by atoms with Crippen LogP contribution in [-0.4, -0.2) is 54.6 Å². The molecule has 3 N–H and O–H groups in total. The number of rotatable bonds is 2. The first-order chi connectivity index (χ1) is 7.60. The Kier molecular flexibility index (Phi) is 3.47. The summed E-state index contributed by atoms with van der Waals surface area (Å²) in [5.41, 5.74) is 8.45. The molecule has 2 rings (SSSR count). The molecule has 5 heteroatoms. The third-order valence-electron chi connectivity index (χ3n) is 3.71. The maximum absolute atomic E-state index is 12.0. The van der Waals surface area contributed by atoms with Gasteiger partial charge >= 0.3 is 0 Å². The lowest BCUT2D eigenvalue weighted by Gasteiger charge is -2.34. The van der Waals surface area contributed by atoms with Crippen LogP contribution in [0.5, 0.6) is 0 Å². The highest BCUT2D eigenvalue weighted by Gasteiger charge is 2.37. The second-order valence-corrected chi connectivity index (χ2v) is 5.09. The van der Waals surface area contributed by atoms with E-state index >= 15 is 0 Å². The predicted molar refractivity (Wildman–Crippen MR) is 62.6 cm³/mol. The van der Waals surface area contributed by atoms with Gasteiger partial charge in [0.05, 0.1) is 5.54 Å². The van der Waals surface area contributed by atoms with Gasteiger partial charge in [-0.15, -0.1) is 0 Å². The minimum absolute atomic E-state index is 0.00885. The summed E-state index contributed by atoms with van der Waals surface area (Å²) < 4.78 is 0. The van der Waals surface area contributed by atoms with Crippen LogP contribution in [-0.2, 0) is 4.79 Å². The molecule has 1 saturated carbocycles. The first kappa shape index (κ1) is 11.8. The molecule has 0 radical (unpaired) electrons. The summed E-state index contributed by atoms with van der Waals surface area (Å²) in [6.45, 7) is 3.77. The van der Waals surface area contributed by atoms with Gasteiger partial charge in [-0.1, -0.05) is 12.8 Å². The van der Waals surface area contributed by atoms with Crippen molar-refractivity contribution in [3.05, 3.63) is 0 Å². The maximum atomic E-state index is 12.0. The Balaban J connectivity index is 1.83. The molecule has 92 valence electrons. The van der Waals surface area contributed by atoms with Gasteiger partial charge in [0.2, 0.25) is 0 Å². The van der Waals surface area contributed by atoms with Gasteiger partial charge in [-0.2, -0.15) is 0 Å². The Labute approximate surface area is 96.9 Å². The average molecular weight is 226 g/mol. The van der Waals surface area contributed by atoms with Crippen molar-refractivity contribution in [2.45, 2.75) is 31.2 Å². The molecule has 1 aliphatic heterocycles. The van der Waals surface area contributed by atoms with Crippen molar-refractivity contribution in [1.82, 2.24) is 15.3 Å². The zero-order valence-corrected chi connectivity index (χ0v) is 10.0. The number of carbonyl (C=O) groups excluding carboxylic acids is 1. The van der Waals surface area contributed by atoms with Crippen LogP contribution >= 0.6 is 0 Å². The molecule has 2 fully saturated rings. The summed E-state index contributed by atoms with van der Waals surface area (Å²) in [6, 6.07) is 0. The Morgan fingerprint density at radius 3 is 2.31 bits per heavy atom. The molecule has 16 heavy (non-hydrogen) atoms. The molecule has 1 saturated heterocycles. The van der Waals surface area contributed by atoms with Gasteiger partial charge in [-0.3, -0.25) is 10.2 Å². The lowest BCUT2D eigenvalue weighted by molar-refractivity contribution is -0.132. The monoisotopic (exact) mass is 226 g/mol. The van der Waals surface area contributed by atoms with E-state index < -0.39 is 5.54 Å². The number of hydrazine groups is 1. The van der Waals surface area contributed by atoms with E-state index in [4.69, 9.17) is 5.73 Å². The van der Waals surface area contributed by atoms with E-state index in [0.29, 0.717) is 0 Å². The van der Waals surface area contributed by atoms with Gasteiger partial charge in [0.15, 0.2) is 0 Å². The van der Waals surface area contributed by atoms with E-state index in [0.717, 1.165) is 51.9 Å². The van der Waals surface area contributed by atoms with Gasteiger partial charge < -0.3 is 10.6 Å². The van der Waals surface area contributed by atoms with Crippen LogP contribution in [0.1, 0.15) is 25.7 Å². The number of carbonyl (C=O) groups is 1. The van der Waals surface area contributed by atoms with Crippen molar-refractivity contribution < 1.29 is 4.79 Å². The van der Waals surface area contributed by atoms with E-state index in [1.54, 1.807) is 0 Å². The standard InChI is InChI=1S/C11H22N4O/c1-14-6-8-15(9-7-14)13-10(16)11(12)4-2-3-5-11/h2-9,12H2,1H3,(H,13,16). The smallest absolute Gasteiger partial charge is 0.254 e. The van der Waals surface area contributed by atoms with Crippen LogP contribution in [0.4, 0.5) is 0 Å². The molecule has 1 amide bonds. The van der Waals surface area contributed by atoms with Gasteiger partial charge in [0, 0.05) is 26.2 Å². The van der Waals surface area contributed by atoms with Crippen molar-refractivity contribution in [2.75, 3.05) is 33.2 Å². The van der Waals surface area contributed by atoms with Crippen LogP contribution < -0.4 is 11.2 Å². The third kappa shape index (κ3) is 2.53. The molecule has 0 unspecified atom stereocenters. The van der Waals surface area contributed by atoms with Crippen LogP contribution in [0.15, 0.2) is 0 Å². The zero-order valence-electron chi connectivity index (χ0n) is 10.0. The molecule has 0 spiro atoms. The lowest BCUT2D eigenvalue weighted by Crippen LogP contribution is -2.60. The van der Waals surface area contributed by atoms with Crippen LogP contribution in [0.2, 0.25) is 0 Å². The molecule has 1 aliphatic carbocycles. The molecule has 0 atom stereocenters. The number of nitrogens with two attached hydrogens (primary N) is 1. The minimum Gasteiger partial charge on any atom is -0.317 e. The fourth-order valence-corrected chi connectivity index (χ4v) is 2.41. The second-order valence-electron chi connectivity index (χ2n) is 5.09. The summed E-state index contributed by atoms with van der Waals surface area (Å²) >= 11 is 0. The summed E-state index contributed by atoms with van der Waals surface area (Å²) in [5, 5.41) is 2.00. The molecule has 2 aliphatic rings. The molecule has 1 heterocycles. The lowest BCUT2D eigenvalue weighted by atomic mass is 9.99. The highest BCUT2D eigenvalue weighted by Crippen LogP contribution is 2.27. The molecular weight excluding hydrogens is 204 g/mol. The quantitative estimate of drug-likeness (QED) is 0.669. The van der Waals surface area contributed by atoms with Crippen LogP contribution in [0, 0.1) is 0 Å². The number of likely N-dealkylation sites (N-methyl/N-ethyl adjacent to an activating group) is 1. The molecule has 0 aromatic rings. The molecule has 0 aromatic heterocycles. The van der Waals surface area contributed by atoms with Crippen LogP contribution in [0.3, 0.4) is 0 Å². The fraction of sp³-hybridized carbons (Fsp3) is 0.909. The second kappa shape index (κ2) is 4.69. The number of nitrogens with zero attached hydrogens (tertiary/aromatic N) is 2. The SMILES string of the molecule is CN1CCN(NC(=O)C2(N)CCCC2)CC1. The van der Waals surface area contributed by atoms with Crippen molar-refractivity contribution in [1.29, 1.82) is 0 Å². The molecule has 0 bridgehead atoms. The summed E-state index contributed by atoms with van der Waals surface area (Å²) in [6.07, 6.45) is 3.80. The largest absolute Gasteiger partial charge is 0.317 e.